The van der Waals surface area contributed by atoms with Crippen LogP contribution in [0.2, 0.25) is 0 Å². The molecule has 114 valence electrons. The molecule has 2 saturated carbocycles. The van der Waals surface area contributed by atoms with Crippen molar-refractivity contribution in [2.45, 2.75) is 37.6 Å². The van der Waals surface area contributed by atoms with Gasteiger partial charge in [-0.05, 0) is 55.7 Å². The van der Waals surface area contributed by atoms with E-state index in [1.54, 1.807) is 7.11 Å². The van der Waals surface area contributed by atoms with E-state index in [0.29, 0.717) is 5.92 Å². The molecular formula is C17H23NO3. The topological polar surface area (TPSA) is 58.6 Å². The van der Waals surface area contributed by atoms with Gasteiger partial charge in [0.2, 0.25) is 5.91 Å². The van der Waals surface area contributed by atoms with Gasteiger partial charge in [-0.3, -0.25) is 4.79 Å². The van der Waals surface area contributed by atoms with Crippen molar-refractivity contribution in [3.05, 3.63) is 29.8 Å². The number of amides is 1. The third kappa shape index (κ3) is 2.91. The highest BCUT2D eigenvalue weighted by atomic mass is 16.5. The summed E-state index contributed by atoms with van der Waals surface area (Å²) in [6, 6.07) is 7.93. The summed E-state index contributed by atoms with van der Waals surface area (Å²) in [7, 11) is 1.65. The minimum atomic E-state index is -0.446. The Morgan fingerprint density at radius 2 is 2.24 bits per heavy atom. The molecule has 0 heterocycles. The quantitative estimate of drug-likeness (QED) is 0.843. The molecule has 2 fully saturated rings. The second-order valence-electron chi connectivity index (χ2n) is 6.56. The molecule has 4 nitrogen and oxygen atoms in total. The van der Waals surface area contributed by atoms with Gasteiger partial charge in [0.05, 0.1) is 19.3 Å². The molecule has 0 aliphatic heterocycles. The third-order valence-corrected chi connectivity index (χ3v) is 4.86. The van der Waals surface area contributed by atoms with E-state index in [-0.39, 0.29) is 24.3 Å². The molecule has 0 saturated heterocycles. The Balaban J connectivity index is 1.63. The molecule has 1 aromatic carbocycles. The standard InChI is InChI=1S/C17H23NO3/c1-17(10-19,12-6-7-12)18-16(20)15-9-14(15)11-4-3-5-13(8-11)21-2/h3-5,8,12,14-15,19H,6-7,9-10H2,1-2H3,(H,18,20). The summed E-state index contributed by atoms with van der Waals surface area (Å²) in [5, 5.41) is 12.6. The number of carbonyl (C=O) groups is 1. The zero-order valence-corrected chi connectivity index (χ0v) is 12.6. The Bertz CT molecular complexity index is 541. The number of ether oxygens (including phenoxy) is 1. The van der Waals surface area contributed by atoms with Gasteiger partial charge in [0.15, 0.2) is 0 Å². The van der Waals surface area contributed by atoms with Gasteiger partial charge in [-0.15, -0.1) is 0 Å². The number of rotatable bonds is 6. The lowest BCUT2D eigenvalue weighted by Crippen LogP contribution is -2.51. The van der Waals surface area contributed by atoms with Crippen LogP contribution in [0, 0.1) is 11.8 Å². The van der Waals surface area contributed by atoms with Gasteiger partial charge in [0.25, 0.3) is 0 Å². The van der Waals surface area contributed by atoms with Crippen LogP contribution in [0.15, 0.2) is 24.3 Å². The molecule has 2 aliphatic carbocycles. The van der Waals surface area contributed by atoms with Gasteiger partial charge >= 0.3 is 0 Å². The van der Waals surface area contributed by atoms with Crippen LogP contribution >= 0.6 is 0 Å². The van der Waals surface area contributed by atoms with Crippen molar-refractivity contribution in [3.8, 4) is 5.75 Å². The van der Waals surface area contributed by atoms with Crippen LogP contribution in [0.1, 0.15) is 37.7 Å². The van der Waals surface area contributed by atoms with Crippen molar-refractivity contribution in [2.75, 3.05) is 13.7 Å². The van der Waals surface area contributed by atoms with Crippen LogP contribution in [0.5, 0.6) is 5.75 Å². The molecule has 2 N–H and O–H groups in total. The number of nitrogens with one attached hydrogen (secondary N) is 1. The molecule has 4 heteroatoms. The van der Waals surface area contributed by atoms with Crippen molar-refractivity contribution >= 4 is 5.91 Å². The van der Waals surface area contributed by atoms with E-state index in [2.05, 4.69) is 5.32 Å². The number of methoxy groups -OCH3 is 1. The summed E-state index contributed by atoms with van der Waals surface area (Å²) in [6.45, 7) is 1.96. The fourth-order valence-electron chi connectivity index (χ4n) is 3.09. The number of aliphatic hydroxyl groups is 1. The minimum absolute atomic E-state index is 0.0138. The highest BCUT2D eigenvalue weighted by Crippen LogP contribution is 2.49. The Hall–Kier alpha value is -1.55. The lowest BCUT2D eigenvalue weighted by Gasteiger charge is -2.29. The van der Waals surface area contributed by atoms with Crippen LogP contribution in [-0.4, -0.2) is 30.3 Å². The van der Waals surface area contributed by atoms with Crippen molar-refractivity contribution < 1.29 is 14.6 Å². The SMILES string of the molecule is COc1cccc(C2CC2C(=O)NC(C)(CO)C2CC2)c1. The number of hydrogen-bond acceptors (Lipinski definition) is 3. The highest BCUT2D eigenvalue weighted by Gasteiger charge is 2.48. The normalized spacial score (nSPS) is 26.8. The van der Waals surface area contributed by atoms with Crippen LogP contribution in [-0.2, 0) is 4.79 Å². The van der Waals surface area contributed by atoms with E-state index >= 15 is 0 Å². The van der Waals surface area contributed by atoms with Gasteiger partial charge in [0, 0.05) is 5.92 Å². The number of carbonyl (C=O) groups excluding carboxylic acids is 1. The molecule has 0 spiro atoms. The number of hydrogen-bond donors (Lipinski definition) is 2. The molecule has 0 aromatic heterocycles. The van der Waals surface area contributed by atoms with E-state index in [1.807, 2.05) is 31.2 Å². The molecule has 3 atom stereocenters. The van der Waals surface area contributed by atoms with Crippen molar-refractivity contribution in [2.24, 2.45) is 11.8 Å². The molecule has 2 aliphatic rings. The first-order valence-corrected chi connectivity index (χ1v) is 7.64. The van der Waals surface area contributed by atoms with Gasteiger partial charge in [0.1, 0.15) is 5.75 Å². The molecule has 3 rings (SSSR count). The molecule has 1 amide bonds. The van der Waals surface area contributed by atoms with E-state index in [9.17, 15) is 9.90 Å². The van der Waals surface area contributed by atoms with Gasteiger partial charge < -0.3 is 15.2 Å². The number of aliphatic hydroxyl groups excluding tert-OH is 1. The third-order valence-electron chi connectivity index (χ3n) is 4.86. The van der Waals surface area contributed by atoms with Crippen molar-refractivity contribution in [1.29, 1.82) is 0 Å². The molecular weight excluding hydrogens is 266 g/mol. The van der Waals surface area contributed by atoms with E-state index in [0.717, 1.165) is 30.6 Å². The summed E-state index contributed by atoms with van der Waals surface area (Å²) in [5.74, 6) is 1.65. The summed E-state index contributed by atoms with van der Waals surface area (Å²) in [6.07, 6.45) is 3.08. The zero-order valence-electron chi connectivity index (χ0n) is 12.6. The molecule has 3 unspecified atom stereocenters. The average Bonchev–Trinajstić information content (AvgIpc) is 3.39. The fourth-order valence-corrected chi connectivity index (χ4v) is 3.09. The van der Waals surface area contributed by atoms with Crippen LogP contribution in [0.4, 0.5) is 0 Å². The van der Waals surface area contributed by atoms with Gasteiger partial charge in [-0.1, -0.05) is 12.1 Å². The molecule has 21 heavy (non-hydrogen) atoms. The van der Waals surface area contributed by atoms with Crippen molar-refractivity contribution in [3.63, 3.8) is 0 Å². The fraction of sp³-hybridized carbons (Fsp3) is 0.588. The Kier molecular flexibility index (Phi) is 3.66. The maximum atomic E-state index is 12.4. The maximum Gasteiger partial charge on any atom is 0.224 e. The van der Waals surface area contributed by atoms with E-state index in [4.69, 9.17) is 4.74 Å². The Morgan fingerprint density at radius 1 is 1.48 bits per heavy atom. The summed E-state index contributed by atoms with van der Waals surface area (Å²) in [5.41, 5.74) is 0.713. The zero-order chi connectivity index (χ0) is 15.0. The molecule has 0 radical (unpaired) electrons. The minimum Gasteiger partial charge on any atom is -0.497 e. The first kappa shape index (κ1) is 14.4. The summed E-state index contributed by atoms with van der Waals surface area (Å²) < 4.78 is 5.23. The van der Waals surface area contributed by atoms with E-state index in [1.165, 1.54) is 0 Å². The predicted octanol–water partition coefficient (Wildman–Crippen LogP) is 2.08. The van der Waals surface area contributed by atoms with Crippen LogP contribution in [0.3, 0.4) is 0 Å². The van der Waals surface area contributed by atoms with Crippen LogP contribution < -0.4 is 10.1 Å². The molecule has 0 bridgehead atoms. The maximum absolute atomic E-state index is 12.4. The van der Waals surface area contributed by atoms with Crippen LogP contribution in [0.25, 0.3) is 0 Å². The highest BCUT2D eigenvalue weighted by molar-refractivity contribution is 5.83. The van der Waals surface area contributed by atoms with Crippen molar-refractivity contribution in [1.82, 2.24) is 5.32 Å². The lowest BCUT2D eigenvalue weighted by atomic mass is 9.96. The van der Waals surface area contributed by atoms with E-state index < -0.39 is 5.54 Å². The number of benzene rings is 1. The Morgan fingerprint density at radius 3 is 2.86 bits per heavy atom. The molecule has 1 aromatic rings. The first-order chi connectivity index (χ1) is 10.1. The average molecular weight is 289 g/mol. The monoisotopic (exact) mass is 289 g/mol. The summed E-state index contributed by atoms with van der Waals surface area (Å²) >= 11 is 0. The summed E-state index contributed by atoms with van der Waals surface area (Å²) in [4.78, 5) is 12.4. The second-order valence-corrected chi connectivity index (χ2v) is 6.56. The lowest BCUT2D eigenvalue weighted by molar-refractivity contribution is -0.125. The Labute approximate surface area is 125 Å². The smallest absolute Gasteiger partial charge is 0.224 e. The van der Waals surface area contributed by atoms with Gasteiger partial charge in [-0.2, -0.15) is 0 Å². The largest absolute Gasteiger partial charge is 0.497 e. The second kappa shape index (κ2) is 5.34. The van der Waals surface area contributed by atoms with Gasteiger partial charge in [-0.25, -0.2) is 0 Å². The predicted molar refractivity (Wildman–Crippen MR) is 80.2 cm³/mol. The first-order valence-electron chi connectivity index (χ1n) is 7.64.